The van der Waals surface area contributed by atoms with Crippen molar-refractivity contribution in [1.82, 2.24) is 25.9 Å². The molecule has 308 valence electrons. The minimum absolute atomic E-state index is 0.0386. The van der Waals surface area contributed by atoms with E-state index in [1.165, 1.54) is 0 Å². The number of hydrogen-bond acceptors (Lipinski definition) is 13. The summed E-state index contributed by atoms with van der Waals surface area (Å²) in [6, 6.07) is 25.5. The number of amides is 2. The quantitative estimate of drug-likeness (QED) is 0.116. The van der Waals surface area contributed by atoms with Gasteiger partial charge in [-0.05, 0) is 70.8 Å². The lowest BCUT2D eigenvalue weighted by molar-refractivity contribution is -0.123. The fourth-order valence-electron chi connectivity index (χ4n) is 7.30. The molecule has 0 atom stereocenters. The van der Waals surface area contributed by atoms with Gasteiger partial charge in [0.1, 0.15) is 34.4 Å². The number of aromatic hydroxyl groups is 2. The van der Waals surface area contributed by atoms with Crippen LogP contribution < -0.4 is 25.4 Å². The Kier molecular flexibility index (Phi) is 12.6. The summed E-state index contributed by atoms with van der Waals surface area (Å²) in [5, 5.41) is 51.0. The molecule has 15 nitrogen and oxygen atoms in total. The van der Waals surface area contributed by atoms with Gasteiger partial charge < -0.3 is 35.6 Å². The summed E-state index contributed by atoms with van der Waals surface area (Å²) in [5.41, 5.74) is 6.97. The highest BCUT2D eigenvalue weighted by Crippen LogP contribution is 2.41. The van der Waals surface area contributed by atoms with Crippen LogP contribution in [0.2, 0.25) is 0 Å². The van der Waals surface area contributed by atoms with Crippen LogP contribution in [0.3, 0.4) is 0 Å². The highest BCUT2D eigenvalue weighted by molar-refractivity contribution is 5.78. The third-order valence-corrected chi connectivity index (χ3v) is 10.2. The fourth-order valence-corrected chi connectivity index (χ4v) is 7.30. The van der Waals surface area contributed by atoms with Gasteiger partial charge in [-0.25, -0.2) is 0 Å². The molecule has 2 aromatic heterocycles. The summed E-state index contributed by atoms with van der Waals surface area (Å²) in [6.45, 7) is 1.05. The molecule has 1 aliphatic carbocycles. The molecule has 2 aliphatic rings. The number of phenolic OH excluding ortho intramolecular Hbond substituents is 2. The number of nitrogens with one attached hydrogen (secondary N) is 3. The summed E-state index contributed by atoms with van der Waals surface area (Å²) >= 11 is 0. The molecule has 8 rings (SSSR count). The number of phenols is 2. The number of pyridine rings is 2. The van der Waals surface area contributed by atoms with Crippen molar-refractivity contribution in [3.8, 4) is 23.0 Å². The molecule has 3 heterocycles. The van der Waals surface area contributed by atoms with E-state index in [9.17, 15) is 19.8 Å². The molecule has 0 radical (unpaired) electrons. The van der Waals surface area contributed by atoms with Crippen LogP contribution in [0.1, 0.15) is 44.5 Å². The van der Waals surface area contributed by atoms with Crippen molar-refractivity contribution in [2.75, 3.05) is 39.4 Å². The minimum atomic E-state index is -0.333. The number of rotatable bonds is 4. The van der Waals surface area contributed by atoms with E-state index in [1.807, 2.05) is 36.4 Å². The minimum Gasteiger partial charge on any atom is -0.507 e. The molecule has 15 heteroatoms. The molecular weight excluding hydrogens is 775 g/mol. The average Bonchev–Trinajstić information content (AvgIpc) is 3.27. The maximum atomic E-state index is 13.2. The Morgan fingerprint density at radius 1 is 0.475 bits per heavy atom. The lowest BCUT2D eigenvalue weighted by Crippen LogP contribution is -2.38. The second-order valence-electron chi connectivity index (χ2n) is 14.6. The van der Waals surface area contributed by atoms with Crippen LogP contribution in [-0.2, 0) is 35.3 Å². The van der Waals surface area contributed by atoms with Crippen LogP contribution in [0.4, 0.5) is 22.7 Å². The average molecular weight is 818 g/mol. The third kappa shape index (κ3) is 10.2. The van der Waals surface area contributed by atoms with Crippen LogP contribution >= 0.6 is 0 Å². The van der Waals surface area contributed by atoms with Crippen molar-refractivity contribution in [1.29, 1.82) is 0 Å². The number of fused-ring (bicyclic) bond motifs is 2. The van der Waals surface area contributed by atoms with Gasteiger partial charge in [0.25, 0.3) is 11.8 Å². The Morgan fingerprint density at radius 3 is 1.21 bits per heavy atom. The number of hydrogen-bond donors (Lipinski definition) is 5. The first-order valence-corrected chi connectivity index (χ1v) is 19.9. The zero-order valence-electron chi connectivity index (χ0n) is 33.2. The molecule has 0 saturated carbocycles. The summed E-state index contributed by atoms with van der Waals surface area (Å²) in [6.07, 6.45) is 7.25. The number of carbonyl (C=O) groups is 2. The number of para-hydroxylation sites is 2. The predicted molar refractivity (Wildman–Crippen MR) is 227 cm³/mol. The maximum absolute atomic E-state index is 13.2. The van der Waals surface area contributed by atoms with Crippen molar-refractivity contribution in [3.05, 3.63) is 154 Å². The van der Waals surface area contributed by atoms with Crippen LogP contribution in [0.15, 0.2) is 130 Å². The molecule has 4 aromatic carbocycles. The first-order chi connectivity index (χ1) is 29.9. The second-order valence-corrected chi connectivity index (χ2v) is 14.6. The first kappa shape index (κ1) is 40.3. The van der Waals surface area contributed by atoms with Gasteiger partial charge in [0, 0.05) is 86.5 Å². The van der Waals surface area contributed by atoms with E-state index in [1.54, 1.807) is 73.3 Å². The van der Waals surface area contributed by atoms with Gasteiger partial charge in [0.15, 0.2) is 13.2 Å². The Hall–Kier alpha value is -7.52. The molecule has 5 N–H and O–H groups in total. The topological polar surface area (TPSA) is 204 Å². The molecule has 0 fully saturated rings. The van der Waals surface area contributed by atoms with E-state index in [4.69, 9.17) is 9.47 Å². The Morgan fingerprint density at radius 2 is 0.852 bits per heavy atom. The SMILES string of the molecule is O=C1COc2c3cccc2Cc2cc(N=Nc4cccnc4)cc(c2O)Cc2cccc(c2OCC(=O)NCCNCCN1)Cc1cc(N=Nc2cccnc2)cc(c1O)C3. The summed E-state index contributed by atoms with van der Waals surface area (Å²) in [7, 11) is 0. The standard InChI is InChI=1S/C46H43N9O6/c56-41-27-60-45-29-5-1-6-30(45)18-34-22-40(55-53-38-10-4-12-49-26-38)24-36(44(34)59)20-32-8-2-7-31(46(32)61-28-42(57)51-16-14-47-13-15-50-41)19-35-23-39(21-33(17-29)43(35)58)54-52-37-9-3-11-48-25-37/h1-12,21-26,47,58-59H,13-20,27-28H2,(H,50,56)(H,51,57). The van der Waals surface area contributed by atoms with E-state index in [0.717, 1.165) is 0 Å². The van der Waals surface area contributed by atoms with E-state index >= 15 is 0 Å². The number of carbonyl (C=O) groups excluding carboxylic acids is 2. The third-order valence-electron chi connectivity index (χ3n) is 10.2. The molecule has 6 aromatic rings. The normalized spacial score (nSPS) is 15.1. The Labute approximate surface area is 351 Å². The Balaban J connectivity index is 1.32. The smallest absolute Gasteiger partial charge is 0.257 e. The summed E-state index contributed by atoms with van der Waals surface area (Å²) in [4.78, 5) is 34.6. The monoisotopic (exact) mass is 817 g/mol. The Bertz CT molecular complexity index is 2330. The summed E-state index contributed by atoms with van der Waals surface area (Å²) < 4.78 is 12.8. The van der Waals surface area contributed by atoms with Crippen molar-refractivity contribution in [2.24, 2.45) is 20.5 Å². The zero-order chi connectivity index (χ0) is 42.0. The van der Waals surface area contributed by atoms with E-state index in [-0.39, 0.29) is 62.2 Å². The van der Waals surface area contributed by atoms with Crippen molar-refractivity contribution in [3.63, 3.8) is 0 Å². The second kappa shape index (κ2) is 19.0. The molecule has 61 heavy (non-hydrogen) atoms. The maximum Gasteiger partial charge on any atom is 0.257 e. The number of benzene rings is 4. The molecular formula is C46H43N9O6. The molecule has 2 amide bonds. The predicted octanol–water partition coefficient (Wildman–Crippen LogP) is 6.99. The number of nitrogens with zero attached hydrogens (tertiary/aromatic N) is 6. The van der Waals surface area contributed by atoms with Crippen molar-refractivity contribution in [2.45, 2.75) is 25.7 Å². The van der Waals surface area contributed by atoms with Gasteiger partial charge >= 0.3 is 0 Å². The fraction of sp³-hybridized carbons (Fsp3) is 0.217. The van der Waals surface area contributed by atoms with Crippen molar-refractivity contribution < 1.29 is 29.3 Å². The largest absolute Gasteiger partial charge is 0.507 e. The van der Waals surface area contributed by atoms with Gasteiger partial charge in [-0.1, -0.05) is 36.4 Å². The molecule has 0 saturated heterocycles. The number of ether oxygens (including phenoxy) is 2. The zero-order valence-corrected chi connectivity index (χ0v) is 33.2. The van der Waals surface area contributed by atoms with E-state index < -0.39 is 0 Å². The van der Waals surface area contributed by atoms with Crippen molar-refractivity contribution >= 4 is 34.6 Å². The number of azo groups is 2. The highest BCUT2D eigenvalue weighted by atomic mass is 16.5. The van der Waals surface area contributed by atoms with Crippen LogP contribution in [0.5, 0.6) is 23.0 Å². The van der Waals surface area contributed by atoms with Crippen LogP contribution in [-0.4, -0.2) is 71.4 Å². The van der Waals surface area contributed by atoms with Gasteiger partial charge in [-0.15, -0.1) is 10.2 Å². The van der Waals surface area contributed by atoms with E-state index in [2.05, 4.69) is 46.4 Å². The number of aromatic nitrogens is 2. The van der Waals surface area contributed by atoms with Gasteiger partial charge in [0.2, 0.25) is 0 Å². The van der Waals surface area contributed by atoms with Gasteiger partial charge in [-0.3, -0.25) is 19.6 Å². The molecule has 0 spiro atoms. The van der Waals surface area contributed by atoms with Crippen LogP contribution in [0, 0.1) is 0 Å². The molecule has 10 bridgehead atoms. The highest BCUT2D eigenvalue weighted by Gasteiger charge is 2.23. The van der Waals surface area contributed by atoms with Gasteiger partial charge in [-0.2, -0.15) is 10.2 Å². The molecule has 1 aliphatic heterocycles. The van der Waals surface area contributed by atoms with E-state index in [0.29, 0.717) is 105 Å². The summed E-state index contributed by atoms with van der Waals surface area (Å²) in [5.74, 6) is 0.287. The molecule has 0 unspecified atom stereocenters. The lowest BCUT2D eigenvalue weighted by atomic mass is 9.91. The van der Waals surface area contributed by atoms with Gasteiger partial charge in [0.05, 0.1) is 23.8 Å². The first-order valence-electron chi connectivity index (χ1n) is 19.9. The lowest BCUT2D eigenvalue weighted by Gasteiger charge is -2.21. The van der Waals surface area contributed by atoms with Crippen LogP contribution in [0.25, 0.3) is 0 Å².